The molecule has 1 atom stereocenters. The maximum Gasteiger partial charge on any atom is 0.0689 e. The van der Waals surface area contributed by atoms with Crippen LogP contribution in [0.2, 0.25) is 0 Å². The Balaban J connectivity index is 2.10. The zero-order chi connectivity index (χ0) is 9.14. The lowest BCUT2D eigenvalue weighted by molar-refractivity contribution is 0.0202. The van der Waals surface area contributed by atoms with E-state index in [0.717, 1.165) is 12.5 Å². The predicted molar refractivity (Wildman–Crippen MR) is 51.1 cm³/mol. The SMILES string of the molecule is CCC1CN(CC(O)C(C)C)C1. The molecule has 2 nitrogen and oxygen atoms in total. The lowest BCUT2D eigenvalue weighted by Gasteiger charge is -2.40. The molecule has 1 heterocycles. The summed E-state index contributed by atoms with van der Waals surface area (Å²) in [6.45, 7) is 9.64. The van der Waals surface area contributed by atoms with E-state index in [1.165, 1.54) is 19.5 Å². The van der Waals surface area contributed by atoms with Crippen LogP contribution >= 0.6 is 0 Å². The van der Waals surface area contributed by atoms with Gasteiger partial charge in [-0.1, -0.05) is 27.2 Å². The summed E-state index contributed by atoms with van der Waals surface area (Å²) < 4.78 is 0. The Morgan fingerprint density at radius 3 is 2.42 bits per heavy atom. The van der Waals surface area contributed by atoms with E-state index in [2.05, 4.69) is 25.7 Å². The minimum Gasteiger partial charge on any atom is -0.392 e. The summed E-state index contributed by atoms with van der Waals surface area (Å²) in [5, 5.41) is 9.58. The highest BCUT2D eigenvalue weighted by Gasteiger charge is 2.26. The molecular weight excluding hydrogens is 150 g/mol. The summed E-state index contributed by atoms with van der Waals surface area (Å²) >= 11 is 0. The van der Waals surface area contributed by atoms with E-state index in [1.807, 2.05) is 0 Å². The molecule has 72 valence electrons. The molecular formula is C10H21NO. The van der Waals surface area contributed by atoms with Crippen LogP contribution in [0.1, 0.15) is 27.2 Å². The van der Waals surface area contributed by atoms with Gasteiger partial charge in [-0.3, -0.25) is 0 Å². The van der Waals surface area contributed by atoms with Crippen molar-refractivity contribution in [2.75, 3.05) is 19.6 Å². The van der Waals surface area contributed by atoms with E-state index in [9.17, 15) is 5.11 Å². The number of nitrogens with zero attached hydrogens (tertiary/aromatic N) is 1. The van der Waals surface area contributed by atoms with Gasteiger partial charge < -0.3 is 10.0 Å². The van der Waals surface area contributed by atoms with Crippen molar-refractivity contribution in [1.29, 1.82) is 0 Å². The number of likely N-dealkylation sites (tertiary alicyclic amines) is 1. The molecule has 0 saturated carbocycles. The van der Waals surface area contributed by atoms with Crippen molar-refractivity contribution in [3.63, 3.8) is 0 Å². The van der Waals surface area contributed by atoms with Gasteiger partial charge in [-0.15, -0.1) is 0 Å². The summed E-state index contributed by atoms with van der Waals surface area (Å²) in [5.41, 5.74) is 0. The smallest absolute Gasteiger partial charge is 0.0689 e. The molecule has 2 heteroatoms. The zero-order valence-electron chi connectivity index (χ0n) is 8.45. The summed E-state index contributed by atoms with van der Waals surface area (Å²) in [7, 11) is 0. The molecule has 1 saturated heterocycles. The van der Waals surface area contributed by atoms with Crippen LogP contribution in [0.4, 0.5) is 0 Å². The molecule has 0 aromatic heterocycles. The number of aliphatic hydroxyl groups excluding tert-OH is 1. The van der Waals surface area contributed by atoms with Crippen molar-refractivity contribution in [2.24, 2.45) is 11.8 Å². The van der Waals surface area contributed by atoms with Crippen molar-refractivity contribution in [2.45, 2.75) is 33.3 Å². The maximum absolute atomic E-state index is 9.58. The molecule has 0 aliphatic carbocycles. The van der Waals surface area contributed by atoms with E-state index in [1.54, 1.807) is 0 Å². The Bertz CT molecular complexity index is 130. The fourth-order valence-corrected chi connectivity index (χ4v) is 1.56. The fourth-order valence-electron chi connectivity index (χ4n) is 1.56. The lowest BCUT2D eigenvalue weighted by atomic mass is 9.95. The average Bonchev–Trinajstić information content (AvgIpc) is 1.94. The minimum atomic E-state index is -0.136. The molecule has 12 heavy (non-hydrogen) atoms. The number of hydrogen-bond acceptors (Lipinski definition) is 2. The number of β-amino-alcohol motifs (C(OH)–C–C–N with tert-alkyl or cyclic N) is 1. The second kappa shape index (κ2) is 4.24. The van der Waals surface area contributed by atoms with Crippen molar-refractivity contribution < 1.29 is 5.11 Å². The van der Waals surface area contributed by atoms with Gasteiger partial charge in [0.05, 0.1) is 6.10 Å². The third-order valence-corrected chi connectivity index (χ3v) is 2.82. The zero-order valence-corrected chi connectivity index (χ0v) is 8.45. The minimum absolute atomic E-state index is 0.136. The first-order valence-electron chi connectivity index (χ1n) is 5.04. The Labute approximate surface area is 75.6 Å². The van der Waals surface area contributed by atoms with Gasteiger partial charge in [0.1, 0.15) is 0 Å². The number of aliphatic hydroxyl groups is 1. The molecule has 0 aromatic rings. The summed E-state index contributed by atoms with van der Waals surface area (Å²) in [5.74, 6) is 1.29. The second-order valence-electron chi connectivity index (χ2n) is 4.30. The topological polar surface area (TPSA) is 23.5 Å². The molecule has 0 bridgehead atoms. The summed E-state index contributed by atoms with van der Waals surface area (Å²) in [4.78, 5) is 2.35. The van der Waals surface area contributed by atoms with E-state index >= 15 is 0 Å². The Morgan fingerprint density at radius 2 is 2.00 bits per heavy atom. The Kier molecular flexibility index (Phi) is 3.53. The highest BCUT2D eigenvalue weighted by molar-refractivity contribution is 4.80. The number of rotatable bonds is 4. The van der Waals surface area contributed by atoms with Crippen molar-refractivity contribution in [3.8, 4) is 0 Å². The molecule has 0 aromatic carbocycles. The molecule has 0 spiro atoms. The molecule has 0 amide bonds. The van der Waals surface area contributed by atoms with Crippen LogP contribution in [0.15, 0.2) is 0 Å². The van der Waals surface area contributed by atoms with Gasteiger partial charge in [0.25, 0.3) is 0 Å². The lowest BCUT2D eigenvalue weighted by Crippen LogP contribution is -2.50. The highest BCUT2D eigenvalue weighted by atomic mass is 16.3. The Hall–Kier alpha value is -0.0800. The van der Waals surface area contributed by atoms with Crippen molar-refractivity contribution in [1.82, 2.24) is 4.90 Å². The van der Waals surface area contributed by atoms with Gasteiger partial charge >= 0.3 is 0 Å². The molecule has 1 rings (SSSR count). The summed E-state index contributed by atoms with van der Waals surface area (Å²) in [6.07, 6.45) is 1.15. The molecule has 1 N–H and O–H groups in total. The number of hydrogen-bond donors (Lipinski definition) is 1. The quantitative estimate of drug-likeness (QED) is 0.690. The average molecular weight is 171 g/mol. The van der Waals surface area contributed by atoms with Crippen LogP contribution in [0.5, 0.6) is 0 Å². The first kappa shape index (κ1) is 10.0. The first-order valence-corrected chi connectivity index (χ1v) is 5.04. The standard InChI is InChI=1S/C10H21NO/c1-4-9-5-11(6-9)7-10(12)8(2)3/h8-10,12H,4-7H2,1-3H3. The molecule has 1 aliphatic rings. The molecule has 1 aliphatic heterocycles. The van der Waals surface area contributed by atoms with E-state index in [-0.39, 0.29) is 6.10 Å². The third-order valence-electron chi connectivity index (χ3n) is 2.82. The molecule has 0 radical (unpaired) electrons. The Morgan fingerprint density at radius 1 is 1.42 bits per heavy atom. The van der Waals surface area contributed by atoms with Crippen molar-refractivity contribution in [3.05, 3.63) is 0 Å². The van der Waals surface area contributed by atoms with Gasteiger partial charge in [-0.2, -0.15) is 0 Å². The first-order chi connectivity index (χ1) is 5.63. The van der Waals surface area contributed by atoms with Gasteiger partial charge in [-0.05, 0) is 11.8 Å². The van der Waals surface area contributed by atoms with Crippen LogP contribution in [-0.4, -0.2) is 35.7 Å². The van der Waals surface area contributed by atoms with Crippen LogP contribution in [0.25, 0.3) is 0 Å². The van der Waals surface area contributed by atoms with E-state index in [0.29, 0.717) is 5.92 Å². The van der Waals surface area contributed by atoms with Gasteiger partial charge in [0.2, 0.25) is 0 Å². The normalized spacial score (nSPS) is 22.8. The highest BCUT2D eigenvalue weighted by Crippen LogP contribution is 2.19. The van der Waals surface area contributed by atoms with Crippen LogP contribution < -0.4 is 0 Å². The van der Waals surface area contributed by atoms with Gasteiger partial charge in [0, 0.05) is 19.6 Å². The van der Waals surface area contributed by atoms with Gasteiger partial charge in [-0.25, -0.2) is 0 Å². The van der Waals surface area contributed by atoms with Crippen molar-refractivity contribution >= 4 is 0 Å². The molecule has 1 fully saturated rings. The maximum atomic E-state index is 9.58. The van der Waals surface area contributed by atoms with E-state index < -0.39 is 0 Å². The second-order valence-corrected chi connectivity index (χ2v) is 4.30. The van der Waals surface area contributed by atoms with Crippen LogP contribution in [0, 0.1) is 11.8 Å². The van der Waals surface area contributed by atoms with Crippen LogP contribution in [-0.2, 0) is 0 Å². The summed E-state index contributed by atoms with van der Waals surface area (Å²) in [6, 6.07) is 0. The largest absolute Gasteiger partial charge is 0.392 e. The molecule has 1 unspecified atom stereocenters. The fraction of sp³-hybridized carbons (Fsp3) is 1.00. The van der Waals surface area contributed by atoms with Crippen LogP contribution in [0.3, 0.4) is 0 Å². The monoisotopic (exact) mass is 171 g/mol. The van der Waals surface area contributed by atoms with Gasteiger partial charge in [0.15, 0.2) is 0 Å². The van der Waals surface area contributed by atoms with E-state index in [4.69, 9.17) is 0 Å². The third kappa shape index (κ3) is 2.46. The predicted octanol–water partition coefficient (Wildman–Crippen LogP) is 1.35.